The van der Waals surface area contributed by atoms with Gasteiger partial charge in [-0.25, -0.2) is 4.98 Å². The van der Waals surface area contributed by atoms with Crippen molar-refractivity contribution in [2.24, 2.45) is 5.92 Å². The Morgan fingerprint density at radius 1 is 1.37 bits per heavy atom. The summed E-state index contributed by atoms with van der Waals surface area (Å²) in [5.74, 6) is 1.67. The monoisotopic (exact) mass is 257 g/mol. The number of hydrogen-bond acceptors (Lipinski definition) is 4. The maximum Gasteiger partial charge on any atom is 0.129 e. The summed E-state index contributed by atoms with van der Waals surface area (Å²) in [6.45, 7) is 2.92. The molecule has 0 aliphatic carbocycles. The summed E-state index contributed by atoms with van der Waals surface area (Å²) in [7, 11) is 1.77. The molecule has 1 aromatic carbocycles. The van der Waals surface area contributed by atoms with E-state index in [0.717, 1.165) is 42.1 Å². The van der Waals surface area contributed by atoms with Gasteiger partial charge in [0.2, 0.25) is 0 Å². The van der Waals surface area contributed by atoms with Crippen LogP contribution in [0, 0.1) is 5.92 Å². The minimum Gasteiger partial charge on any atom is -0.399 e. The molecule has 19 heavy (non-hydrogen) atoms. The third-order valence-electron chi connectivity index (χ3n) is 3.71. The van der Waals surface area contributed by atoms with Gasteiger partial charge in [-0.1, -0.05) is 0 Å². The van der Waals surface area contributed by atoms with Crippen molar-refractivity contribution >= 4 is 22.4 Å². The Labute approximate surface area is 113 Å². The minimum atomic E-state index is 0.619. The largest absolute Gasteiger partial charge is 0.399 e. The molecule has 4 nitrogen and oxygen atoms in total. The zero-order chi connectivity index (χ0) is 13.2. The number of fused-ring (bicyclic) bond motifs is 1. The van der Waals surface area contributed by atoms with Crippen molar-refractivity contribution < 1.29 is 4.74 Å². The number of ether oxygens (including phenoxy) is 1. The van der Waals surface area contributed by atoms with Crippen LogP contribution in [0.4, 0.5) is 11.5 Å². The van der Waals surface area contributed by atoms with E-state index in [4.69, 9.17) is 15.5 Å². The van der Waals surface area contributed by atoms with Crippen molar-refractivity contribution in [2.45, 2.75) is 6.42 Å². The first-order chi connectivity index (χ1) is 9.26. The van der Waals surface area contributed by atoms with E-state index >= 15 is 0 Å². The van der Waals surface area contributed by atoms with Crippen LogP contribution in [-0.4, -0.2) is 31.8 Å². The molecule has 0 saturated carbocycles. The van der Waals surface area contributed by atoms with E-state index in [1.807, 2.05) is 18.2 Å². The molecule has 1 aromatic heterocycles. The molecular formula is C15H19N3O. The van der Waals surface area contributed by atoms with Crippen molar-refractivity contribution in [3.8, 4) is 0 Å². The lowest BCUT2D eigenvalue weighted by Gasteiger charge is -2.18. The van der Waals surface area contributed by atoms with Gasteiger partial charge in [0.1, 0.15) is 5.82 Å². The van der Waals surface area contributed by atoms with Gasteiger partial charge >= 0.3 is 0 Å². The molecule has 0 amide bonds. The smallest absolute Gasteiger partial charge is 0.129 e. The van der Waals surface area contributed by atoms with Gasteiger partial charge in [0.25, 0.3) is 0 Å². The minimum absolute atomic E-state index is 0.619. The van der Waals surface area contributed by atoms with Crippen LogP contribution in [0.25, 0.3) is 10.9 Å². The highest BCUT2D eigenvalue weighted by atomic mass is 16.5. The van der Waals surface area contributed by atoms with E-state index in [0.29, 0.717) is 5.92 Å². The van der Waals surface area contributed by atoms with E-state index in [2.05, 4.69) is 17.0 Å². The van der Waals surface area contributed by atoms with Crippen LogP contribution in [0.3, 0.4) is 0 Å². The van der Waals surface area contributed by atoms with E-state index in [1.165, 1.54) is 6.42 Å². The van der Waals surface area contributed by atoms with Crippen LogP contribution < -0.4 is 10.6 Å². The fraction of sp³-hybridized carbons (Fsp3) is 0.400. The van der Waals surface area contributed by atoms with Crippen LogP contribution in [-0.2, 0) is 4.74 Å². The first-order valence-electron chi connectivity index (χ1n) is 6.66. The second-order valence-electron chi connectivity index (χ2n) is 5.18. The van der Waals surface area contributed by atoms with E-state index in [9.17, 15) is 0 Å². The molecule has 0 spiro atoms. The van der Waals surface area contributed by atoms with Crippen LogP contribution in [0.1, 0.15) is 6.42 Å². The molecule has 1 fully saturated rings. The van der Waals surface area contributed by atoms with Gasteiger partial charge < -0.3 is 15.4 Å². The lowest BCUT2D eigenvalue weighted by molar-refractivity contribution is 0.161. The fourth-order valence-electron chi connectivity index (χ4n) is 2.72. The van der Waals surface area contributed by atoms with Gasteiger partial charge in [-0.2, -0.15) is 0 Å². The number of benzene rings is 1. The predicted octanol–water partition coefficient (Wildman–Crippen LogP) is 2.29. The Hall–Kier alpha value is -1.81. The lowest BCUT2D eigenvalue weighted by Crippen LogP contribution is -2.21. The maximum atomic E-state index is 5.78. The molecule has 0 radical (unpaired) electrons. The number of hydrogen-bond donors (Lipinski definition) is 1. The summed E-state index contributed by atoms with van der Waals surface area (Å²) in [5, 5.41) is 1.09. The number of aromatic nitrogens is 1. The molecule has 2 N–H and O–H groups in total. The highest BCUT2D eigenvalue weighted by molar-refractivity contribution is 5.83. The van der Waals surface area contributed by atoms with Crippen molar-refractivity contribution in [2.75, 3.05) is 37.4 Å². The summed E-state index contributed by atoms with van der Waals surface area (Å²) in [6, 6.07) is 10.0. The Morgan fingerprint density at radius 3 is 3.11 bits per heavy atom. The zero-order valence-corrected chi connectivity index (χ0v) is 11.2. The molecular weight excluding hydrogens is 238 g/mol. The molecule has 3 rings (SSSR count). The first kappa shape index (κ1) is 12.2. The number of anilines is 2. The summed E-state index contributed by atoms with van der Waals surface area (Å²) in [5.41, 5.74) is 7.57. The van der Waals surface area contributed by atoms with Crippen molar-refractivity contribution in [1.82, 2.24) is 4.98 Å². The Balaban J connectivity index is 1.84. The molecule has 100 valence electrons. The fourth-order valence-corrected chi connectivity index (χ4v) is 2.72. The molecule has 2 heterocycles. The summed E-state index contributed by atoms with van der Waals surface area (Å²) >= 11 is 0. The van der Waals surface area contributed by atoms with Crippen LogP contribution >= 0.6 is 0 Å². The van der Waals surface area contributed by atoms with Crippen molar-refractivity contribution in [1.29, 1.82) is 0 Å². The summed E-state index contributed by atoms with van der Waals surface area (Å²) in [4.78, 5) is 7.06. The van der Waals surface area contributed by atoms with Crippen molar-refractivity contribution in [3.63, 3.8) is 0 Å². The van der Waals surface area contributed by atoms with Crippen LogP contribution in [0.15, 0.2) is 30.3 Å². The molecule has 1 atom stereocenters. The molecule has 2 aromatic rings. The molecule has 1 aliphatic rings. The van der Waals surface area contributed by atoms with Crippen LogP contribution in [0.5, 0.6) is 0 Å². The number of pyridine rings is 1. The van der Waals surface area contributed by atoms with Gasteiger partial charge in [-0.05, 0) is 36.8 Å². The molecule has 1 aliphatic heterocycles. The zero-order valence-electron chi connectivity index (χ0n) is 11.2. The average Bonchev–Trinajstić information content (AvgIpc) is 2.87. The topological polar surface area (TPSA) is 51.4 Å². The van der Waals surface area contributed by atoms with Gasteiger partial charge in [-0.15, -0.1) is 0 Å². The van der Waals surface area contributed by atoms with Gasteiger partial charge in [-0.3, -0.25) is 0 Å². The first-order valence-corrected chi connectivity index (χ1v) is 6.66. The quantitative estimate of drug-likeness (QED) is 0.857. The Kier molecular flexibility index (Phi) is 3.25. The second kappa shape index (κ2) is 5.05. The number of nitrogens with two attached hydrogens (primary N) is 1. The highest BCUT2D eigenvalue weighted by Crippen LogP contribution is 2.25. The van der Waals surface area contributed by atoms with E-state index in [-0.39, 0.29) is 0 Å². The van der Waals surface area contributed by atoms with E-state index in [1.54, 1.807) is 7.11 Å². The normalized spacial score (nSPS) is 19.2. The Bertz CT molecular complexity index is 585. The van der Waals surface area contributed by atoms with Gasteiger partial charge in [0.05, 0.1) is 12.1 Å². The Morgan fingerprint density at radius 2 is 2.26 bits per heavy atom. The predicted molar refractivity (Wildman–Crippen MR) is 78.4 cm³/mol. The third-order valence-corrected chi connectivity index (χ3v) is 3.71. The standard InChI is InChI=1S/C15H19N3O/c1-19-10-11-6-7-18(9-11)15-5-2-12-8-13(16)3-4-14(12)17-15/h2-5,8,11H,6-7,9-10,16H2,1H3. The van der Waals surface area contributed by atoms with Gasteiger partial charge in [0.15, 0.2) is 0 Å². The lowest BCUT2D eigenvalue weighted by atomic mass is 10.1. The van der Waals surface area contributed by atoms with Crippen LogP contribution in [0.2, 0.25) is 0 Å². The highest BCUT2D eigenvalue weighted by Gasteiger charge is 2.23. The van der Waals surface area contributed by atoms with Gasteiger partial charge in [0, 0.05) is 37.2 Å². The molecule has 1 saturated heterocycles. The van der Waals surface area contributed by atoms with E-state index < -0.39 is 0 Å². The SMILES string of the molecule is COCC1CCN(c2ccc3cc(N)ccc3n2)C1. The number of nitrogen functional groups attached to an aromatic ring is 1. The molecule has 1 unspecified atom stereocenters. The van der Waals surface area contributed by atoms with Crippen molar-refractivity contribution in [3.05, 3.63) is 30.3 Å². The maximum absolute atomic E-state index is 5.78. The summed E-state index contributed by atoms with van der Waals surface area (Å²) in [6.07, 6.45) is 1.18. The third kappa shape index (κ3) is 2.49. The number of methoxy groups -OCH3 is 1. The molecule has 4 heteroatoms. The second-order valence-corrected chi connectivity index (χ2v) is 5.18. The summed E-state index contributed by atoms with van der Waals surface area (Å²) < 4.78 is 5.23. The molecule has 0 bridgehead atoms. The average molecular weight is 257 g/mol. The number of nitrogens with zero attached hydrogens (tertiary/aromatic N) is 2. The number of rotatable bonds is 3.